The van der Waals surface area contributed by atoms with E-state index in [1.165, 1.54) is 11.0 Å². The molecule has 10 nitrogen and oxygen atoms in total. The Morgan fingerprint density at radius 2 is 2.03 bits per heavy atom. The number of aromatic nitrogens is 2. The summed E-state index contributed by atoms with van der Waals surface area (Å²) in [6, 6.07) is 3.14. The highest BCUT2D eigenvalue weighted by Gasteiger charge is 2.25. The van der Waals surface area contributed by atoms with E-state index in [1.807, 2.05) is 6.92 Å². The van der Waals surface area contributed by atoms with E-state index in [0.29, 0.717) is 47.6 Å². The number of amides is 1. The zero-order valence-electron chi connectivity index (χ0n) is 18.6. The van der Waals surface area contributed by atoms with E-state index >= 15 is 0 Å². The molecule has 10 heteroatoms. The zero-order chi connectivity index (χ0) is 22.8. The summed E-state index contributed by atoms with van der Waals surface area (Å²) in [6.07, 6.45) is 1.45. The smallest absolute Gasteiger partial charge is 0.336 e. The SMILES string of the molecule is CCCc1cc(=O)oc2c1c(OCCN1CCOCC1)cc1nc(C(=O)N(C)C)n(O)c12. The first kappa shape index (κ1) is 22.1. The number of fused-ring (bicyclic) bond motifs is 3. The van der Waals surface area contributed by atoms with Gasteiger partial charge in [-0.05, 0) is 12.0 Å². The highest BCUT2D eigenvalue weighted by molar-refractivity contribution is 6.07. The molecular formula is C22H28N4O6. The maximum atomic E-state index is 12.5. The molecule has 4 rings (SSSR count). The molecule has 0 unspecified atom stereocenters. The second kappa shape index (κ2) is 9.17. The van der Waals surface area contributed by atoms with E-state index in [0.717, 1.165) is 31.6 Å². The van der Waals surface area contributed by atoms with Gasteiger partial charge in [0, 0.05) is 45.9 Å². The van der Waals surface area contributed by atoms with Crippen LogP contribution in [0.4, 0.5) is 0 Å². The Labute approximate surface area is 184 Å². The molecule has 0 spiro atoms. The van der Waals surface area contributed by atoms with Gasteiger partial charge in [-0.3, -0.25) is 9.69 Å². The number of ether oxygens (including phenoxy) is 2. The van der Waals surface area contributed by atoms with Crippen molar-refractivity contribution < 1.29 is 23.9 Å². The second-order valence-electron chi connectivity index (χ2n) is 8.04. The van der Waals surface area contributed by atoms with Crippen molar-refractivity contribution >= 4 is 27.9 Å². The predicted octanol–water partition coefficient (Wildman–Crippen LogP) is 1.75. The lowest BCUT2D eigenvalue weighted by Gasteiger charge is -2.26. The molecule has 1 aliphatic rings. The molecule has 0 saturated carbocycles. The summed E-state index contributed by atoms with van der Waals surface area (Å²) in [5, 5.41) is 11.4. The van der Waals surface area contributed by atoms with Crippen molar-refractivity contribution in [1.82, 2.24) is 19.5 Å². The molecule has 1 amide bonds. The third-order valence-electron chi connectivity index (χ3n) is 5.54. The monoisotopic (exact) mass is 444 g/mol. The molecular weight excluding hydrogens is 416 g/mol. The number of hydrogen-bond donors (Lipinski definition) is 1. The molecule has 1 N–H and O–H groups in total. The fraction of sp³-hybridized carbons (Fsp3) is 0.500. The minimum Gasteiger partial charge on any atom is -0.491 e. The van der Waals surface area contributed by atoms with Crippen molar-refractivity contribution in [2.45, 2.75) is 19.8 Å². The van der Waals surface area contributed by atoms with Gasteiger partial charge in [-0.1, -0.05) is 13.3 Å². The number of hydrogen-bond acceptors (Lipinski definition) is 8. The number of morpholine rings is 1. The largest absolute Gasteiger partial charge is 0.491 e. The van der Waals surface area contributed by atoms with Crippen molar-refractivity contribution in [3.05, 3.63) is 33.9 Å². The van der Waals surface area contributed by atoms with Gasteiger partial charge < -0.3 is 24.0 Å². The first-order chi connectivity index (χ1) is 15.4. The third-order valence-corrected chi connectivity index (χ3v) is 5.54. The second-order valence-corrected chi connectivity index (χ2v) is 8.04. The summed E-state index contributed by atoms with van der Waals surface area (Å²) in [4.78, 5) is 32.7. The van der Waals surface area contributed by atoms with Crippen LogP contribution in [0.3, 0.4) is 0 Å². The van der Waals surface area contributed by atoms with Crippen molar-refractivity contribution in [2.24, 2.45) is 0 Å². The van der Waals surface area contributed by atoms with Gasteiger partial charge in [-0.25, -0.2) is 9.78 Å². The Balaban J connectivity index is 1.83. The number of aryl methyl sites for hydroxylation is 1. The summed E-state index contributed by atoms with van der Waals surface area (Å²) < 4.78 is 17.7. The molecule has 2 aromatic heterocycles. The van der Waals surface area contributed by atoms with Gasteiger partial charge in [-0.15, -0.1) is 0 Å². The van der Waals surface area contributed by atoms with Gasteiger partial charge in [0.25, 0.3) is 5.91 Å². The molecule has 0 atom stereocenters. The van der Waals surface area contributed by atoms with Crippen LogP contribution in [0.15, 0.2) is 21.3 Å². The third kappa shape index (κ3) is 4.15. The average Bonchev–Trinajstić information content (AvgIpc) is 3.10. The molecule has 0 bridgehead atoms. The Bertz CT molecular complexity index is 1190. The van der Waals surface area contributed by atoms with E-state index in [-0.39, 0.29) is 16.9 Å². The van der Waals surface area contributed by atoms with Crippen LogP contribution in [0, 0.1) is 0 Å². The van der Waals surface area contributed by atoms with E-state index in [1.54, 1.807) is 20.2 Å². The van der Waals surface area contributed by atoms with Gasteiger partial charge in [0.2, 0.25) is 5.82 Å². The molecule has 0 radical (unpaired) electrons. The van der Waals surface area contributed by atoms with Gasteiger partial charge in [0.15, 0.2) is 11.1 Å². The fourth-order valence-corrected chi connectivity index (χ4v) is 3.94. The van der Waals surface area contributed by atoms with Crippen molar-refractivity contribution in [1.29, 1.82) is 0 Å². The van der Waals surface area contributed by atoms with Crippen molar-refractivity contribution in [3.63, 3.8) is 0 Å². The number of benzene rings is 1. The summed E-state index contributed by atoms with van der Waals surface area (Å²) in [7, 11) is 3.14. The number of rotatable bonds is 7. The molecule has 3 aromatic rings. The predicted molar refractivity (Wildman–Crippen MR) is 118 cm³/mol. The zero-order valence-corrected chi connectivity index (χ0v) is 18.6. The molecule has 1 saturated heterocycles. The van der Waals surface area contributed by atoms with Crippen LogP contribution in [-0.4, -0.2) is 84.2 Å². The topological polar surface area (TPSA) is 110 Å². The standard InChI is InChI=1S/C22H28N4O6/c1-4-5-14-12-17(27)32-20-18(14)16(31-11-8-25-6-9-30-10-7-25)13-15-19(20)26(29)21(23-15)22(28)24(2)3/h12-13,29H,4-11H2,1-3H3. The minimum atomic E-state index is -0.533. The average molecular weight is 444 g/mol. The Morgan fingerprint density at radius 3 is 2.72 bits per heavy atom. The van der Waals surface area contributed by atoms with Crippen LogP contribution in [0.1, 0.15) is 29.5 Å². The highest BCUT2D eigenvalue weighted by Crippen LogP contribution is 2.35. The van der Waals surface area contributed by atoms with Crippen LogP contribution in [0.2, 0.25) is 0 Å². The van der Waals surface area contributed by atoms with Crippen molar-refractivity contribution in [2.75, 3.05) is 53.6 Å². The van der Waals surface area contributed by atoms with Crippen LogP contribution in [-0.2, 0) is 11.2 Å². The number of carbonyl (C=O) groups is 1. The molecule has 1 fully saturated rings. The Morgan fingerprint density at radius 1 is 1.28 bits per heavy atom. The first-order valence-corrected chi connectivity index (χ1v) is 10.8. The quantitative estimate of drug-likeness (QED) is 0.434. The summed E-state index contributed by atoms with van der Waals surface area (Å²) >= 11 is 0. The van der Waals surface area contributed by atoms with E-state index < -0.39 is 11.5 Å². The molecule has 3 heterocycles. The molecule has 0 aliphatic carbocycles. The molecule has 172 valence electrons. The fourth-order valence-electron chi connectivity index (χ4n) is 3.94. The molecule has 1 aliphatic heterocycles. The first-order valence-electron chi connectivity index (χ1n) is 10.8. The highest BCUT2D eigenvalue weighted by atomic mass is 16.5. The maximum Gasteiger partial charge on any atom is 0.336 e. The van der Waals surface area contributed by atoms with Gasteiger partial charge >= 0.3 is 5.63 Å². The lowest BCUT2D eigenvalue weighted by atomic mass is 10.0. The number of nitrogens with zero attached hydrogens (tertiary/aromatic N) is 4. The lowest BCUT2D eigenvalue weighted by Crippen LogP contribution is -2.38. The minimum absolute atomic E-state index is 0.160. The van der Waals surface area contributed by atoms with E-state index in [4.69, 9.17) is 13.9 Å². The number of carbonyl (C=O) groups excluding carboxylic acids is 1. The summed E-state index contributed by atoms with van der Waals surface area (Å²) in [5.41, 5.74) is 0.870. The van der Waals surface area contributed by atoms with Crippen LogP contribution in [0.5, 0.6) is 5.75 Å². The lowest BCUT2D eigenvalue weighted by molar-refractivity contribution is 0.0323. The molecule has 32 heavy (non-hydrogen) atoms. The van der Waals surface area contributed by atoms with E-state index in [2.05, 4.69) is 9.88 Å². The molecule has 1 aromatic carbocycles. The van der Waals surface area contributed by atoms with Crippen LogP contribution >= 0.6 is 0 Å². The maximum absolute atomic E-state index is 12.5. The van der Waals surface area contributed by atoms with E-state index in [9.17, 15) is 14.8 Å². The summed E-state index contributed by atoms with van der Waals surface area (Å²) in [5.74, 6) is -0.131. The normalized spacial score (nSPS) is 14.8. The van der Waals surface area contributed by atoms with Crippen LogP contribution in [0.25, 0.3) is 22.0 Å². The van der Waals surface area contributed by atoms with Gasteiger partial charge in [-0.2, -0.15) is 4.73 Å². The van der Waals surface area contributed by atoms with Gasteiger partial charge in [0.1, 0.15) is 17.9 Å². The summed E-state index contributed by atoms with van der Waals surface area (Å²) in [6.45, 7) is 6.28. The number of imidazole rings is 1. The Kier molecular flexibility index (Phi) is 6.33. The van der Waals surface area contributed by atoms with Crippen molar-refractivity contribution in [3.8, 4) is 5.75 Å². The van der Waals surface area contributed by atoms with Gasteiger partial charge in [0.05, 0.1) is 18.6 Å². The Hall–Kier alpha value is -3.11. The van der Waals surface area contributed by atoms with Crippen LogP contribution < -0.4 is 10.4 Å².